The van der Waals surface area contributed by atoms with Crippen molar-refractivity contribution in [1.82, 2.24) is 9.97 Å². The van der Waals surface area contributed by atoms with Crippen LogP contribution in [-0.4, -0.2) is 9.97 Å². The summed E-state index contributed by atoms with van der Waals surface area (Å²) >= 11 is 0. The summed E-state index contributed by atoms with van der Waals surface area (Å²) in [5, 5.41) is 0. The first-order chi connectivity index (χ1) is 7.16. The van der Waals surface area contributed by atoms with Crippen LogP contribution in [0.2, 0.25) is 0 Å². The molecule has 0 bridgehead atoms. The maximum absolute atomic E-state index is 13.0. The quantitative estimate of drug-likeness (QED) is 0.772. The fraction of sp³-hybridized carbons (Fsp3) is 0.0909. The minimum Gasteiger partial charge on any atom is -0.382 e. The van der Waals surface area contributed by atoms with Crippen molar-refractivity contribution >= 4 is 5.82 Å². The standard InChI is InChI=1S/C11H10FN3/c1-7-11(14-6-10(13)15-7)8-3-2-4-9(12)5-8/h2-6H,1H3,(H2,13,15). The molecule has 0 aliphatic rings. The zero-order valence-electron chi connectivity index (χ0n) is 8.24. The number of anilines is 1. The molecule has 15 heavy (non-hydrogen) atoms. The lowest BCUT2D eigenvalue weighted by Crippen LogP contribution is -1.97. The Kier molecular flexibility index (Phi) is 2.33. The summed E-state index contributed by atoms with van der Waals surface area (Å²) in [6.07, 6.45) is 1.47. The van der Waals surface area contributed by atoms with Crippen LogP contribution in [0.3, 0.4) is 0 Å². The van der Waals surface area contributed by atoms with Gasteiger partial charge in [-0.25, -0.2) is 9.37 Å². The van der Waals surface area contributed by atoms with Crippen molar-refractivity contribution in [3.05, 3.63) is 42.0 Å². The molecule has 1 aromatic heterocycles. The Labute approximate surface area is 86.8 Å². The Morgan fingerprint density at radius 2 is 2.13 bits per heavy atom. The van der Waals surface area contributed by atoms with Gasteiger partial charge in [-0.15, -0.1) is 0 Å². The number of nitrogen functional groups attached to an aromatic ring is 1. The van der Waals surface area contributed by atoms with E-state index in [1.54, 1.807) is 19.1 Å². The van der Waals surface area contributed by atoms with E-state index in [2.05, 4.69) is 9.97 Å². The molecule has 0 atom stereocenters. The maximum atomic E-state index is 13.0. The highest BCUT2D eigenvalue weighted by Crippen LogP contribution is 2.20. The molecule has 1 heterocycles. The molecule has 3 nitrogen and oxygen atoms in total. The fourth-order valence-electron chi connectivity index (χ4n) is 1.42. The highest BCUT2D eigenvalue weighted by Gasteiger charge is 2.05. The first kappa shape index (κ1) is 9.58. The van der Waals surface area contributed by atoms with E-state index in [4.69, 9.17) is 5.73 Å². The predicted molar refractivity (Wildman–Crippen MR) is 56.6 cm³/mol. The van der Waals surface area contributed by atoms with Gasteiger partial charge in [-0.2, -0.15) is 0 Å². The minimum absolute atomic E-state index is 0.287. The largest absolute Gasteiger partial charge is 0.382 e. The predicted octanol–water partition coefficient (Wildman–Crippen LogP) is 2.17. The van der Waals surface area contributed by atoms with E-state index in [-0.39, 0.29) is 5.82 Å². The van der Waals surface area contributed by atoms with Gasteiger partial charge in [0.15, 0.2) is 0 Å². The van der Waals surface area contributed by atoms with Crippen molar-refractivity contribution < 1.29 is 4.39 Å². The normalized spacial score (nSPS) is 10.3. The van der Waals surface area contributed by atoms with E-state index >= 15 is 0 Å². The molecule has 0 radical (unpaired) electrons. The molecule has 76 valence electrons. The summed E-state index contributed by atoms with van der Waals surface area (Å²) < 4.78 is 13.0. The van der Waals surface area contributed by atoms with E-state index in [1.807, 2.05) is 0 Å². The van der Waals surface area contributed by atoms with Crippen LogP contribution in [-0.2, 0) is 0 Å². The Morgan fingerprint density at radius 3 is 2.80 bits per heavy atom. The topological polar surface area (TPSA) is 51.8 Å². The molecule has 1 aromatic carbocycles. The fourth-order valence-corrected chi connectivity index (χ4v) is 1.42. The number of nitrogens with zero attached hydrogens (tertiary/aromatic N) is 2. The molecule has 0 aliphatic heterocycles. The van der Waals surface area contributed by atoms with Crippen LogP contribution in [0.15, 0.2) is 30.5 Å². The van der Waals surface area contributed by atoms with Gasteiger partial charge in [-0.3, -0.25) is 4.98 Å². The summed E-state index contributed by atoms with van der Waals surface area (Å²) in [6.45, 7) is 1.80. The highest BCUT2D eigenvalue weighted by molar-refractivity contribution is 5.61. The number of hydrogen-bond donors (Lipinski definition) is 1. The lowest BCUT2D eigenvalue weighted by molar-refractivity contribution is 0.628. The van der Waals surface area contributed by atoms with Gasteiger partial charge in [0, 0.05) is 5.56 Å². The first-order valence-electron chi connectivity index (χ1n) is 4.52. The Morgan fingerprint density at radius 1 is 1.33 bits per heavy atom. The lowest BCUT2D eigenvalue weighted by Gasteiger charge is -2.04. The number of rotatable bonds is 1. The number of benzene rings is 1. The van der Waals surface area contributed by atoms with Crippen molar-refractivity contribution in [2.75, 3.05) is 5.73 Å². The zero-order valence-corrected chi connectivity index (χ0v) is 8.24. The summed E-state index contributed by atoms with van der Waals surface area (Å²) in [7, 11) is 0. The number of aromatic nitrogens is 2. The minimum atomic E-state index is -0.287. The SMILES string of the molecule is Cc1nc(N)cnc1-c1cccc(F)c1. The molecule has 2 aromatic rings. The van der Waals surface area contributed by atoms with Gasteiger partial charge in [0.1, 0.15) is 11.6 Å². The van der Waals surface area contributed by atoms with Crippen molar-refractivity contribution in [1.29, 1.82) is 0 Å². The van der Waals surface area contributed by atoms with E-state index < -0.39 is 0 Å². The summed E-state index contributed by atoms with van der Waals surface area (Å²) in [5.41, 5.74) is 7.55. The van der Waals surface area contributed by atoms with Crippen LogP contribution < -0.4 is 5.73 Å². The molecule has 0 saturated heterocycles. The maximum Gasteiger partial charge on any atom is 0.142 e. The van der Waals surface area contributed by atoms with Gasteiger partial charge in [0.05, 0.1) is 17.6 Å². The van der Waals surface area contributed by atoms with E-state index in [0.717, 1.165) is 0 Å². The third-order valence-corrected chi connectivity index (χ3v) is 2.06. The second kappa shape index (κ2) is 3.65. The zero-order chi connectivity index (χ0) is 10.8. The van der Waals surface area contributed by atoms with Crippen LogP contribution in [0.5, 0.6) is 0 Å². The van der Waals surface area contributed by atoms with Gasteiger partial charge in [-0.05, 0) is 19.1 Å². The summed E-state index contributed by atoms with van der Waals surface area (Å²) in [5.74, 6) is 0.0816. The third-order valence-electron chi connectivity index (χ3n) is 2.06. The van der Waals surface area contributed by atoms with E-state index in [1.165, 1.54) is 18.3 Å². The monoisotopic (exact) mass is 203 g/mol. The van der Waals surface area contributed by atoms with Crippen LogP contribution in [0.4, 0.5) is 10.2 Å². The van der Waals surface area contributed by atoms with Gasteiger partial charge in [-0.1, -0.05) is 12.1 Å². The molecule has 0 amide bonds. The first-order valence-corrected chi connectivity index (χ1v) is 4.52. The van der Waals surface area contributed by atoms with Crippen LogP contribution in [0, 0.1) is 12.7 Å². The molecule has 2 N–H and O–H groups in total. The van der Waals surface area contributed by atoms with Crippen molar-refractivity contribution in [2.45, 2.75) is 6.92 Å². The van der Waals surface area contributed by atoms with Gasteiger partial charge >= 0.3 is 0 Å². The molecule has 0 saturated carbocycles. The van der Waals surface area contributed by atoms with Gasteiger partial charge < -0.3 is 5.73 Å². The number of nitrogens with two attached hydrogens (primary N) is 1. The average molecular weight is 203 g/mol. The van der Waals surface area contributed by atoms with Crippen molar-refractivity contribution in [3.63, 3.8) is 0 Å². The van der Waals surface area contributed by atoms with Crippen LogP contribution in [0.1, 0.15) is 5.69 Å². The average Bonchev–Trinajstić information content (AvgIpc) is 2.17. The molecule has 0 spiro atoms. The summed E-state index contributed by atoms with van der Waals surface area (Å²) in [4.78, 5) is 8.21. The highest BCUT2D eigenvalue weighted by atomic mass is 19.1. The Hall–Kier alpha value is -1.97. The summed E-state index contributed by atoms with van der Waals surface area (Å²) in [6, 6.07) is 6.25. The van der Waals surface area contributed by atoms with Crippen molar-refractivity contribution in [2.24, 2.45) is 0 Å². The van der Waals surface area contributed by atoms with Gasteiger partial charge in [0.2, 0.25) is 0 Å². The smallest absolute Gasteiger partial charge is 0.142 e. The number of aryl methyl sites for hydroxylation is 1. The van der Waals surface area contributed by atoms with E-state index in [9.17, 15) is 4.39 Å². The number of hydrogen-bond acceptors (Lipinski definition) is 3. The second-order valence-electron chi connectivity index (χ2n) is 3.24. The van der Waals surface area contributed by atoms with Gasteiger partial charge in [0.25, 0.3) is 0 Å². The molecule has 2 rings (SSSR count). The van der Waals surface area contributed by atoms with E-state index in [0.29, 0.717) is 22.8 Å². The Balaban J connectivity index is 2.54. The Bertz CT molecular complexity index is 497. The molecular formula is C11H10FN3. The lowest BCUT2D eigenvalue weighted by atomic mass is 10.1. The molecule has 0 fully saturated rings. The van der Waals surface area contributed by atoms with Crippen LogP contribution >= 0.6 is 0 Å². The third kappa shape index (κ3) is 1.93. The molecule has 0 unspecified atom stereocenters. The van der Waals surface area contributed by atoms with Crippen molar-refractivity contribution in [3.8, 4) is 11.3 Å². The molecule has 4 heteroatoms. The molecular weight excluding hydrogens is 193 g/mol. The number of halogens is 1. The van der Waals surface area contributed by atoms with Crippen LogP contribution in [0.25, 0.3) is 11.3 Å². The molecule has 0 aliphatic carbocycles. The second-order valence-corrected chi connectivity index (χ2v) is 3.24.